The molecule has 0 radical (unpaired) electrons. The van der Waals surface area contributed by atoms with Gasteiger partial charge in [0.2, 0.25) is 0 Å². The molecule has 1 heterocycles. The van der Waals surface area contributed by atoms with Crippen LogP contribution in [0.5, 0.6) is 0 Å². The molecule has 1 aliphatic heterocycles. The number of morpholine rings is 1. The predicted octanol–water partition coefficient (Wildman–Crippen LogP) is 1.76. The number of nitrogens with two attached hydrogens (primary N) is 1. The fourth-order valence-electron chi connectivity index (χ4n) is 3.43. The Kier molecular flexibility index (Phi) is 3.06. The Morgan fingerprint density at radius 2 is 1.62 bits per heavy atom. The van der Waals surface area contributed by atoms with Crippen molar-refractivity contribution in [3.05, 3.63) is 0 Å². The molecule has 0 spiro atoms. The van der Waals surface area contributed by atoms with Gasteiger partial charge in [0.05, 0.1) is 11.2 Å². The maximum Gasteiger partial charge on any atom is 0.0760 e. The van der Waals surface area contributed by atoms with E-state index in [1.54, 1.807) is 0 Å². The third kappa shape index (κ3) is 2.76. The molecule has 2 N–H and O–H groups in total. The van der Waals surface area contributed by atoms with Gasteiger partial charge in [-0.25, -0.2) is 0 Å². The van der Waals surface area contributed by atoms with Gasteiger partial charge in [-0.2, -0.15) is 0 Å². The molecule has 1 saturated carbocycles. The highest BCUT2D eigenvalue weighted by Crippen LogP contribution is 2.33. The Balaban J connectivity index is 2.04. The van der Waals surface area contributed by atoms with Crippen LogP contribution in [0.3, 0.4) is 0 Å². The van der Waals surface area contributed by atoms with Crippen LogP contribution in [0, 0.1) is 0 Å². The summed E-state index contributed by atoms with van der Waals surface area (Å²) in [6, 6.07) is 1.09. The van der Waals surface area contributed by atoms with Crippen LogP contribution >= 0.6 is 0 Å². The standard InChI is InChI=1S/C13H26N2O/c1-12(2)8-15(9-13(3,4)16-12)11-6-5-10(14)7-11/h10-11H,5-9,14H2,1-4H3. The lowest BCUT2D eigenvalue weighted by Gasteiger charge is -2.49. The SMILES string of the molecule is CC1(C)CN(C2CCC(N)C2)CC(C)(C)O1. The van der Waals surface area contributed by atoms with Crippen molar-refractivity contribution in [3.63, 3.8) is 0 Å². The Hall–Kier alpha value is -0.120. The molecule has 0 aromatic rings. The third-order valence-electron chi connectivity index (χ3n) is 3.68. The highest BCUT2D eigenvalue weighted by atomic mass is 16.5. The largest absolute Gasteiger partial charge is 0.367 e. The van der Waals surface area contributed by atoms with Crippen LogP contribution in [0.25, 0.3) is 0 Å². The van der Waals surface area contributed by atoms with E-state index in [1.807, 2.05) is 0 Å². The molecule has 0 bridgehead atoms. The number of hydrogen-bond donors (Lipinski definition) is 1. The summed E-state index contributed by atoms with van der Waals surface area (Å²) in [5.74, 6) is 0. The first-order chi connectivity index (χ1) is 7.27. The van der Waals surface area contributed by atoms with Crippen molar-refractivity contribution in [1.29, 1.82) is 0 Å². The topological polar surface area (TPSA) is 38.5 Å². The highest BCUT2D eigenvalue weighted by Gasteiger charge is 2.41. The molecule has 0 aromatic heterocycles. The van der Waals surface area contributed by atoms with Gasteiger partial charge in [-0.3, -0.25) is 4.90 Å². The minimum absolute atomic E-state index is 0.0333. The van der Waals surface area contributed by atoms with Crippen molar-refractivity contribution >= 4 is 0 Å². The second kappa shape index (κ2) is 3.97. The van der Waals surface area contributed by atoms with E-state index in [1.165, 1.54) is 12.8 Å². The molecule has 2 aliphatic rings. The lowest BCUT2D eigenvalue weighted by molar-refractivity contribution is -0.187. The molecule has 1 aliphatic carbocycles. The molecule has 3 nitrogen and oxygen atoms in total. The number of ether oxygens (including phenoxy) is 1. The zero-order valence-electron chi connectivity index (χ0n) is 11.1. The van der Waals surface area contributed by atoms with Crippen LogP contribution in [0.15, 0.2) is 0 Å². The lowest BCUT2D eigenvalue weighted by atomic mass is 9.97. The van der Waals surface area contributed by atoms with Crippen molar-refractivity contribution in [3.8, 4) is 0 Å². The number of rotatable bonds is 1. The first-order valence-electron chi connectivity index (χ1n) is 6.47. The fraction of sp³-hybridized carbons (Fsp3) is 1.00. The summed E-state index contributed by atoms with van der Waals surface area (Å²) in [6.45, 7) is 10.8. The first kappa shape index (κ1) is 12.3. The summed E-state index contributed by atoms with van der Waals surface area (Å²) >= 11 is 0. The van der Waals surface area contributed by atoms with Crippen molar-refractivity contribution in [2.24, 2.45) is 5.73 Å². The van der Waals surface area contributed by atoms with E-state index in [9.17, 15) is 0 Å². The predicted molar refractivity (Wildman–Crippen MR) is 66.4 cm³/mol. The van der Waals surface area contributed by atoms with Crippen molar-refractivity contribution < 1.29 is 4.74 Å². The van der Waals surface area contributed by atoms with Crippen LogP contribution in [-0.4, -0.2) is 41.3 Å². The Morgan fingerprint density at radius 1 is 1.06 bits per heavy atom. The third-order valence-corrected chi connectivity index (χ3v) is 3.68. The molecule has 94 valence electrons. The van der Waals surface area contributed by atoms with Gasteiger partial charge in [-0.05, 0) is 47.0 Å². The van der Waals surface area contributed by atoms with E-state index in [0.29, 0.717) is 12.1 Å². The summed E-state index contributed by atoms with van der Waals surface area (Å²) in [4.78, 5) is 2.59. The summed E-state index contributed by atoms with van der Waals surface area (Å²) in [5.41, 5.74) is 5.94. The highest BCUT2D eigenvalue weighted by molar-refractivity contribution is 4.94. The first-order valence-corrected chi connectivity index (χ1v) is 6.47. The van der Waals surface area contributed by atoms with Crippen LogP contribution < -0.4 is 5.73 Å². The minimum atomic E-state index is -0.0333. The molecular formula is C13H26N2O. The maximum atomic E-state index is 6.10. The van der Waals surface area contributed by atoms with Crippen molar-refractivity contribution in [1.82, 2.24) is 4.90 Å². The van der Waals surface area contributed by atoms with Gasteiger partial charge in [0.1, 0.15) is 0 Å². The fourth-order valence-corrected chi connectivity index (χ4v) is 3.43. The molecule has 2 unspecified atom stereocenters. The molecule has 2 atom stereocenters. The van der Waals surface area contributed by atoms with Gasteiger partial charge < -0.3 is 10.5 Å². The zero-order chi connectivity index (χ0) is 12.0. The molecule has 0 amide bonds. The summed E-state index contributed by atoms with van der Waals surface area (Å²) in [7, 11) is 0. The van der Waals surface area contributed by atoms with Crippen molar-refractivity contribution in [2.75, 3.05) is 13.1 Å². The average molecular weight is 226 g/mol. The monoisotopic (exact) mass is 226 g/mol. The number of hydrogen-bond acceptors (Lipinski definition) is 3. The molecule has 0 aromatic carbocycles. The Bertz CT molecular complexity index is 247. The summed E-state index contributed by atoms with van der Waals surface area (Å²) in [6.07, 6.45) is 3.60. The Labute approximate surface area is 99.3 Å². The maximum absolute atomic E-state index is 6.10. The molecule has 3 heteroatoms. The van der Waals surface area contributed by atoms with Gasteiger partial charge in [0.25, 0.3) is 0 Å². The van der Waals surface area contributed by atoms with Crippen molar-refractivity contribution in [2.45, 2.75) is 70.2 Å². The van der Waals surface area contributed by atoms with E-state index in [2.05, 4.69) is 32.6 Å². The van der Waals surface area contributed by atoms with Crippen LogP contribution in [0.1, 0.15) is 47.0 Å². The molecule has 2 rings (SSSR count). The van der Waals surface area contributed by atoms with Gasteiger partial charge in [0, 0.05) is 25.2 Å². The van der Waals surface area contributed by atoms with E-state index in [0.717, 1.165) is 19.5 Å². The zero-order valence-corrected chi connectivity index (χ0v) is 11.1. The normalized spacial score (nSPS) is 38.8. The summed E-state index contributed by atoms with van der Waals surface area (Å²) in [5, 5.41) is 0. The second-order valence-electron chi connectivity index (χ2n) is 6.75. The van der Waals surface area contributed by atoms with E-state index < -0.39 is 0 Å². The van der Waals surface area contributed by atoms with E-state index in [-0.39, 0.29) is 11.2 Å². The summed E-state index contributed by atoms with van der Waals surface area (Å²) < 4.78 is 6.10. The average Bonchev–Trinajstić information content (AvgIpc) is 2.45. The lowest BCUT2D eigenvalue weighted by Crippen LogP contribution is -2.59. The van der Waals surface area contributed by atoms with Crippen LogP contribution in [0.4, 0.5) is 0 Å². The van der Waals surface area contributed by atoms with Crippen LogP contribution in [0.2, 0.25) is 0 Å². The molecule has 2 fully saturated rings. The second-order valence-corrected chi connectivity index (χ2v) is 6.75. The van der Waals surface area contributed by atoms with Gasteiger partial charge in [0.15, 0.2) is 0 Å². The van der Waals surface area contributed by atoms with Gasteiger partial charge >= 0.3 is 0 Å². The number of nitrogens with zero attached hydrogens (tertiary/aromatic N) is 1. The smallest absolute Gasteiger partial charge is 0.0760 e. The molecule has 16 heavy (non-hydrogen) atoms. The Morgan fingerprint density at radius 3 is 2.06 bits per heavy atom. The van der Waals surface area contributed by atoms with Crippen LogP contribution in [-0.2, 0) is 4.74 Å². The van der Waals surface area contributed by atoms with Gasteiger partial charge in [-0.1, -0.05) is 0 Å². The molecule has 1 saturated heterocycles. The quantitative estimate of drug-likeness (QED) is 0.740. The molecular weight excluding hydrogens is 200 g/mol. The van der Waals surface area contributed by atoms with E-state index >= 15 is 0 Å². The van der Waals surface area contributed by atoms with E-state index in [4.69, 9.17) is 10.5 Å². The van der Waals surface area contributed by atoms with Gasteiger partial charge in [-0.15, -0.1) is 0 Å². The minimum Gasteiger partial charge on any atom is -0.367 e.